The van der Waals surface area contributed by atoms with E-state index in [9.17, 15) is 4.79 Å². The van der Waals surface area contributed by atoms with Crippen LogP contribution in [0.4, 0.5) is 0 Å². The molecule has 0 spiro atoms. The van der Waals surface area contributed by atoms with E-state index in [0.717, 1.165) is 16.7 Å². The van der Waals surface area contributed by atoms with Gasteiger partial charge in [-0.3, -0.25) is 9.78 Å². The highest BCUT2D eigenvalue weighted by atomic mass is 16.5. The number of hydrogen-bond donors (Lipinski definition) is 1. The second-order valence-electron chi connectivity index (χ2n) is 5.90. The molecule has 1 amide bonds. The van der Waals surface area contributed by atoms with Crippen molar-refractivity contribution in [2.45, 2.75) is 6.54 Å². The molecule has 6 nitrogen and oxygen atoms in total. The molecule has 132 valence electrons. The van der Waals surface area contributed by atoms with Crippen molar-refractivity contribution < 1.29 is 9.32 Å². The third kappa shape index (κ3) is 3.90. The molecule has 4 aromatic rings. The molecule has 1 N–H and O–H groups in total. The van der Waals surface area contributed by atoms with E-state index in [-0.39, 0.29) is 5.91 Å². The maximum absolute atomic E-state index is 12.3. The van der Waals surface area contributed by atoms with Crippen LogP contribution in [0.5, 0.6) is 0 Å². The van der Waals surface area contributed by atoms with Crippen LogP contribution >= 0.6 is 0 Å². The van der Waals surface area contributed by atoms with Gasteiger partial charge in [0, 0.05) is 35.6 Å². The highest BCUT2D eigenvalue weighted by Crippen LogP contribution is 2.22. The molecule has 0 unspecified atom stereocenters. The molecule has 0 aliphatic rings. The van der Waals surface area contributed by atoms with E-state index in [2.05, 4.69) is 20.4 Å². The summed E-state index contributed by atoms with van der Waals surface area (Å²) in [4.78, 5) is 20.7. The van der Waals surface area contributed by atoms with Crippen molar-refractivity contribution in [1.82, 2.24) is 20.4 Å². The Kier molecular flexibility index (Phi) is 4.70. The topological polar surface area (TPSA) is 80.9 Å². The average molecular weight is 356 g/mol. The van der Waals surface area contributed by atoms with Crippen LogP contribution in [-0.2, 0) is 6.54 Å². The Labute approximate surface area is 155 Å². The number of pyridine rings is 1. The van der Waals surface area contributed by atoms with Gasteiger partial charge in [0.05, 0.1) is 0 Å². The fourth-order valence-electron chi connectivity index (χ4n) is 2.60. The lowest BCUT2D eigenvalue weighted by Crippen LogP contribution is -2.22. The normalized spacial score (nSPS) is 10.5. The second-order valence-corrected chi connectivity index (χ2v) is 5.90. The van der Waals surface area contributed by atoms with Crippen molar-refractivity contribution in [3.05, 3.63) is 90.3 Å². The Balaban J connectivity index is 1.44. The predicted molar refractivity (Wildman–Crippen MR) is 101 cm³/mol. The number of aromatic nitrogens is 3. The Hall–Kier alpha value is -3.80. The van der Waals surface area contributed by atoms with Gasteiger partial charge in [-0.1, -0.05) is 47.6 Å². The minimum atomic E-state index is -0.129. The summed E-state index contributed by atoms with van der Waals surface area (Å²) < 4.78 is 5.30. The summed E-state index contributed by atoms with van der Waals surface area (Å²) in [6, 6.07) is 20.5. The van der Waals surface area contributed by atoms with Gasteiger partial charge < -0.3 is 9.84 Å². The van der Waals surface area contributed by atoms with Gasteiger partial charge >= 0.3 is 0 Å². The Bertz CT molecular complexity index is 1030. The molecule has 6 heteroatoms. The number of nitrogens with one attached hydrogen (secondary N) is 1. The number of rotatable bonds is 5. The predicted octanol–water partition coefficient (Wildman–Crippen LogP) is 3.73. The van der Waals surface area contributed by atoms with Crippen LogP contribution < -0.4 is 5.32 Å². The first kappa shape index (κ1) is 16.7. The van der Waals surface area contributed by atoms with Crippen molar-refractivity contribution >= 4 is 5.91 Å². The van der Waals surface area contributed by atoms with Crippen molar-refractivity contribution in [2.75, 3.05) is 0 Å². The summed E-state index contributed by atoms with van der Waals surface area (Å²) in [7, 11) is 0. The van der Waals surface area contributed by atoms with Crippen molar-refractivity contribution in [3.63, 3.8) is 0 Å². The third-order valence-electron chi connectivity index (χ3n) is 4.05. The van der Waals surface area contributed by atoms with Gasteiger partial charge in [-0.05, 0) is 29.8 Å². The zero-order valence-corrected chi connectivity index (χ0v) is 14.4. The van der Waals surface area contributed by atoms with E-state index < -0.39 is 0 Å². The summed E-state index contributed by atoms with van der Waals surface area (Å²) >= 11 is 0. The SMILES string of the molecule is O=C(NCc1ccccc1)c1ccc(-c2noc(-c3ccncc3)n2)cc1. The molecule has 0 bridgehead atoms. The van der Waals surface area contributed by atoms with E-state index in [1.54, 1.807) is 48.8 Å². The average Bonchev–Trinajstić information content (AvgIpc) is 3.24. The third-order valence-corrected chi connectivity index (χ3v) is 4.05. The molecule has 0 atom stereocenters. The largest absolute Gasteiger partial charge is 0.348 e. The molecule has 0 aliphatic heterocycles. The van der Waals surface area contributed by atoms with Crippen LogP contribution in [0.1, 0.15) is 15.9 Å². The number of amides is 1. The minimum absolute atomic E-state index is 0.129. The summed E-state index contributed by atoms with van der Waals surface area (Å²) in [5.74, 6) is 0.770. The second kappa shape index (κ2) is 7.61. The lowest BCUT2D eigenvalue weighted by molar-refractivity contribution is 0.0951. The van der Waals surface area contributed by atoms with Crippen LogP contribution in [0.15, 0.2) is 83.6 Å². The Morgan fingerprint density at radius 3 is 2.37 bits per heavy atom. The van der Waals surface area contributed by atoms with Crippen LogP contribution in [0.25, 0.3) is 22.8 Å². The van der Waals surface area contributed by atoms with Gasteiger partial charge in [-0.2, -0.15) is 4.98 Å². The first-order valence-electron chi connectivity index (χ1n) is 8.46. The molecule has 0 saturated carbocycles. The standard InChI is InChI=1S/C21H16N4O2/c26-20(23-14-15-4-2-1-3-5-15)17-8-6-16(7-9-17)19-24-21(27-25-19)18-10-12-22-13-11-18/h1-13H,14H2,(H,23,26). The summed E-state index contributed by atoms with van der Waals surface area (Å²) in [5, 5.41) is 6.91. The lowest BCUT2D eigenvalue weighted by atomic mass is 10.1. The molecular formula is C21H16N4O2. The maximum Gasteiger partial charge on any atom is 0.258 e. The molecule has 0 aliphatic carbocycles. The van der Waals surface area contributed by atoms with Crippen molar-refractivity contribution in [3.8, 4) is 22.8 Å². The molecule has 0 radical (unpaired) electrons. The number of nitrogens with zero attached hydrogens (tertiary/aromatic N) is 3. The van der Waals surface area contributed by atoms with E-state index >= 15 is 0 Å². The molecule has 0 fully saturated rings. The molecule has 0 saturated heterocycles. The van der Waals surface area contributed by atoms with Crippen molar-refractivity contribution in [2.24, 2.45) is 0 Å². The molecular weight excluding hydrogens is 340 g/mol. The molecule has 2 aromatic carbocycles. The zero-order valence-electron chi connectivity index (χ0n) is 14.4. The van der Waals surface area contributed by atoms with Crippen molar-refractivity contribution in [1.29, 1.82) is 0 Å². The summed E-state index contributed by atoms with van der Waals surface area (Å²) in [6.45, 7) is 0.488. The van der Waals surface area contributed by atoms with Gasteiger partial charge in [0.1, 0.15) is 0 Å². The van der Waals surface area contributed by atoms with Crippen LogP contribution in [0.3, 0.4) is 0 Å². The Morgan fingerprint density at radius 2 is 1.63 bits per heavy atom. The fourth-order valence-corrected chi connectivity index (χ4v) is 2.60. The first-order valence-corrected chi connectivity index (χ1v) is 8.46. The highest BCUT2D eigenvalue weighted by molar-refractivity contribution is 5.94. The van der Waals surface area contributed by atoms with Gasteiger partial charge in [0.15, 0.2) is 0 Å². The van der Waals surface area contributed by atoms with E-state index in [0.29, 0.717) is 23.8 Å². The highest BCUT2D eigenvalue weighted by Gasteiger charge is 2.11. The smallest absolute Gasteiger partial charge is 0.258 e. The molecule has 2 heterocycles. The quantitative estimate of drug-likeness (QED) is 0.589. The van der Waals surface area contributed by atoms with Crippen LogP contribution in [0, 0.1) is 0 Å². The first-order chi connectivity index (χ1) is 13.3. The van der Waals surface area contributed by atoms with E-state index in [1.807, 2.05) is 30.3 Å². The van der Waals surface area contributed by atoms with E-state index in [1.165, 1.54) is 0 Å². The molecule has 4 rings (SSSR count). The van der Waals surface area contributed by atoms with Gasteiger partial charge in [-0.25, -0.2) is 0 Å². The van der Waals surface area contributed by atoms with Gasteiger partial charge in [0.2, 0.25) is 5.82 Å². The van der Waals surface area contributed by atoms with Gasteiger partial charge in [-0.15, -0.1) is 0 Å². The fraction of sp³-hybridized carbons (Fsp3) is 0.0476. The number of carbonyl (C=O) groups is 1. The zero-order chi connectivity index (χ0) is 18.5. The van der Waals surface area contributed by atoms with Gasteiger partial charge in [0.25, 0.3) is 11.8 Å². The van der Waals surface area contributed by atoms with E-state index in [4.69, 9.17) is 4.52 Å². The maximum atomic E-state index is 12.3. The molecule has 27 heavy (non-hydrogen) atoms. The van der Waals surface area contributed by atoms with Crippen LogP contribution in [0.2, 0.25) is 0 Å². The van der Waals surface area contributed by atoms with Crippen LogP contribution in [-0.4, -0.2) is 21.0 Å². The number of hydrogen-bond acceptors (Lipinski definition) is 5. The lowest BCUT2D eigenvalue weighted by Gasteiger charge is -2.05. The minimum Gasteiger partial charge on any atom is -0.348 e. The Morgan fingerprint density at radius 1 is 0.889 bits per heavy atom. The monoisotopic (exact) mass is 356 g/mol. The summed E-state index contributed by atoms with van der Waals surface area (Å²) in [6.07, 6.45) is 3.34. The summed E-state index contributed by atoms with van der Waals surface area (Å²) in [5.41, 5.74) is 3.21. The number of carbonyl (C=O) groups excluding carboxylic acids is 1. The molecule has 2 aromatic heterocycles. The number of benzene rings is 2.